The fourth-order valence-electron chi connectivity index (χ4n) is 1.31. The highest BCUT2D eigenvalue weighted by atomic mass is 32.1. The van der Waals surface area contributed by atoms with Gasteiger partial charge in [-0.3, -0.25) is 4.98 Å². The van der Waals surface area contributed by atoms with Crippen LogP contribution < -0.4 is 0 Å². The summed E-state index contributed by atoms with van der Waals surface area (Å²) in [5, 5.41) is 10.7. The first-order chi connectivity index (χ1) is 6.92. The fraction of sp³-hybridized carbons (Fsp3) is 0.0909. The molecule has 2 nitrogen and oxygen atoms in total. The molecule has 0 aromatic carbocycles. The van der Waals surface area contributed by atoms with Gasteiger partial charge in [0.25, 0.3) is 0 Å². The van der Waals surface area contributed by atoms with E-state index in [1.807, 2.05) is 29.6 Å². The van der Waals surface area contributed by atoms with Crippen LogP contribution in [0.1, 0.15) is 5.69 Å². The highest BCUT2D eigenvalue weighted by Crippen LogP contribution is 2.26. The van der Waals surface area contributed by atoms with Crippen molar-refractivity contribution in [2.75, 3.05) is 0 Å². The van der Waals surface area contributed by atoms with Gasteiger partial charge in [0, 0.05) is 16.6 Å². The Hall–Kier alpha value is -1.66. The Bertz CT molecular complexity index is 454. The zero-order chi connectivity index (χ0) is 9.80. The molecule has 0 aliphatic carbocycles. The van der Waals surface area contributed by atoms with E-state index >= 15 is 0 Å². The second kappa shape index (κ2) is 4.03. The van der Waals surface area contributed by atoms with Crippen molar-refractivity contribution in [2.24, 2.45) is 0 Å². The van der Waals surface area contributed by atoms with Crippen LogP contribution >= 0.6 is 11.3 Å². The monoisotopic (exact) mass is 200 g/mol. The maximum atomic E-state index is 8.66. The summed E-state index contributed by atoms with van der Waals surface area (Å²) >= 11 is 1.67. The molecule has 68 valence electrons. The topological polar surface area (TPSA) is 36.7 Å². The summed E-state index contributed by atoms with van der Waals surface area (Å²) in [4.78, 5) is 5.38. The van der Waals surface area contributed by atoms with Crippen molar-refractivity contribution in [2.45, 2.75) is 6.42 Å². The van der Waals surface area contributed by atoms with Crippen LogP contribution in [0.15, 0.2) is 35.8 Å². The zero-order valence-corrected chi connectivity index (χ0v) is 8.29. The van der Waals surface area contributed by atoms with E-state index in [0.29, 0.717) is 6.42 Å². The maximum absolute atomic E-state index is 8.66. The van der Waals surface area contributed by atoms with Crippen LogP contribution in [0.4, 0.5) is 0 Å². The summed E-state index contributed by atoms with van der Waals surface area (Å²) in [5.74, 6) is 0. The lowest BCUT2D eigenvalue weighted by molar-refractivity contribution is 1.12. The van der Waals surface area contributed by atoms with Gasteiger partial charge in [-0.2, -0.15) is 5.26 Å². The third-order valence-electron chi connectivity index (χ3n) is 1.92. The maximum Gasteiger partial charge on any atom is 0.0781 e. The van der Waals surface area contributed by atoms with Crippen LogP contribution in [0.5, 0.6) is 0 Å². The Morgan fingerprint density at radius 3 is 3.00 bits per heavy atom. The Morgan fingerprint density at radius 1 is 1.36 bits per heavy atom. The van der Waals surface area contributed by atoms with Crippen molar-refractivity contribution in [3.63, 3.8) is 0 Å². The molecular formula is C11H8N2S. The molecule has 2 heterocycles. The number of nitrogens with zero attached hydrogens (tertiary/aromatic N) is 2. The Morgan fingerprint density at radius 2 is 2.29 bits per heavy atom. The second-order valence-corrected chi connectivity index (χ2v) is 3.76. The molecule has 0 N–H and O–H groups in total. The Labute approximate surface area is 86.5 Å². The van der Waals surface area contributed by atoms with Crippen LogP contribution in [-0.4, -0.2) is 4.98 Å². The van der Waals surface area contributed by atoms with Gasteiger partial charge in [0.2, 0.25) is 0 Å². The van der Waals surface area contributed by atoms with Crippen LogP contribution in [0.2, 0.25) is 0 Å². The van der Waals surface area contributed by atoms with Gasteiger partial charge in [-0.15, -0.1) is 11.3 Å². The SMILES string of the molecule is N#CCc1ncccc1-c1cccs1. The molecule has 0 unspecified atom stereocenters. The van der Waals surface area contributed by atoms with E-state index in [0.717, 1.165) is 11.3 Å². The van der Waals surface area contributed by atoms with Crippen LogP contribution in [0, 0.1) is 11.3 Å². The summed E-state index contributed by atoms with van der Waals surface area (Å²) in [7, 11) is 0. The Kier molecular flexibility index (Phi) is 2.57. The van der Waals surface area contributed by atoms with Crippen molar-refractivity contribution < 1.29 is 0 Å². The molecule has 0 amide bonds. The summed E-state index contributed by atoms with van der Waals surface area (Å²) < 4.78 is 0. The lowest BCUT2D eigenvalue weighted by Crippen LogP contribution is -1.90. The molecule has 0 fully saturated rings. The van der Waals surface area contributed by atoms with Gasteiger partial charge < -0.3 is 0 Å². The summed E-state index contributed by atoms with van der Waals surface area (Å²) in [5.41, 5.74) is 1.93. The first-order valence-corrected chi connectivity index (χ1v) is 5.14. The van der Waals surface area contributed by atoms with Crippen LogP contribution in [0.3, 0.4) is 0 Å². The van der Waals surface area contributed by atoms with Crippen molar-refractivity contribution in [3.05, 3.63) is 41.5 Å². The molecule has 0 aliphatic rings. The molecule has 0 aliphatic heterocycles. The zero-order valence-electron chi connectivity index (χ0n) is 7.47. The van der Waals surface area contributed by atoms with E-state index in [9.17, 15) is 0 Å². The molecule has 0 saturated heterocycles. The highest BCUT2D eigenvalue weighted by Gasteiger charge is 2.05. The first kappa shape index (κ1) is 8.92. The standard InChI is InChI=1S/C11H8N2S/c12-6-5-10-9(3-1-7-13-10)11-4-2-8-14-11/h1-4,7-8H,5H2. The van der Waals surface area contributed by atoms with Gasteiger partial charge >= 0.3 is 0 Å². The minimum Gasteiger partial charge on any atom is -0.260 e. The van der Waals surface area contributed by atoms with Gasteiger partial charge in [-0.1, -0.05) is 12.1 Å². The third-order valence-corrected chi connectivity index (χ3v) is 2.83. The predicted molar refractivity (Wildman–Crippen MR) is 56.9 cm³/mol. The van der Waals surface area contributed by atoms with Crippen molar-refractivity contribution in [1.29, 1.82) is 5.26 Å². The average molecular weight is 200 g/mol. The molecular weight excluding hydrogens is 192 g/mol. The number of pyridine rings is 1. The highest BCUT2D eigenvalue weighted by molar-refractivity contribution is 7.13. The van der Waals surface area contributed by atoms with E-state index < -0.39 is 0 Å². The summed E-state index contributed by atoms with van der Waals surface area (Å²) in [6, 6.07) is 10.1. The number of aromatic nitrogens is 1. The van der Waals surface area contributed by atoms with Crippen molar-refractivity contribution in [3.8, 4) is 16.5 Å². The van der Waals surface area contributed by atoms with E-state index in [1.165, 1.54) is 4.88 Å². The predicted octanol–water partition coefficient (Wildman–Crippen LogP) is 2.88. The van der Waals surface area contributed by atoms with Gasteiger partial charge in [-0.25, -0.2) is 0 Å². The largest absolute Gasteiger partial charge is 0.260 e. The van der Waals surface area contributed by atoms with Crippen molar-refractivity contribution in [1.82, 2.24) is 4.98 Å². The molecule has 2 rings (SSSR count). The first-order valence-electron chi connectivity index (χ1n) is 4.26. The molecule has 3 heteroatoms. The molecule has 0 saturated carbocycles. The lowest BCUT2D eigenvalue weighted by Gasteiger charge is -2.01. The van der Waals surface area contributed by atoms with Crippen LogP contribution in [-0.2, 0) is 6.42 Å². The van der Waals surface area contributed by atoms with E-state index in [4.69, 9.17) is 5.26 Å². The minimum atomic E-state index is 0.369. The summed E-state index contributed by atoms with van der Waals surface area (Å²) in [6.45, 7) is 0. The number of hydrogen-bond donors (Lipinski definition) is 0. The molecule has 0 radical (unpaired) electrons. The Balaban J connectivity index is 2.48. The van der Waals surface area contributed by atoms with Gasteiger partial charge in [0.15, 0.2) is 0 Å². The van der Waals surface area contributed by atoms with Gasteiger partial charge in [0.1, 0.15) is 0 Å². The molecule has 2 aromatic heterocycles. The van der Waals surface area contributed by atoms with E-state index in [2.05, 4.69) is 11.1 Å². The minimum absolute atomic E-state index is 0.369. The number of hydrogen-bond acceptors (Lipinski definition) is 3. The third kappa shape index (κ3) is 1.66. The van der Waals surface area contributed by atoms with Gasteiger partial charge in [0.05, 0.1) is 18.2 Å². The van der Waals surface area contributed by atoms with E-state index in [1.54, 1.807) is 17.5 Å². The normalized spacial score (nSPS) is 9.64. The molecule has 2 aromatic rings. The fourth-order valence-corrected chi connectivity index (χ4v) is 2.08. The molecule has 0 spiro atoms. The average Bonchev–Trinajstić information content (AvgIpc) is 2.72. The molecule has 14 heavy (non-hydrogen) atoms. The van der Waals surface area contributed by atoms with Crippen LogP contribution in [0.25, 0.3) is 10.4 Å². The molecule has 0 atom stereocenters. The number of nitriles is 1. The van der Waals surface area contributed by atoms with E-state index in [-0.39, 0.29) is 0 Å². The quantitative estimate of drug-likeness (QED) is 0.747. The number of thiophene rings is 1. The summed E-state index contributed by atoms with van der Waals surface area (Å²) in [6.07, 6.45) is 2.10. The molecule has 0 bridgehead atoms. The van der Waals surface area contributed by atoms with Gasteiger partial charge in [-0.05, 0) is 17.5 Å². The number of rotatable bonds is 2. The second-order valence-electron chi connectivity index (χ2n) is 2.81. The van der Waals surface area contributed by atoms with Crippen molar-refractivity contribution >= 4 is 11.3 Å². The lowest BCUT2D eigenvalue weighted by atomic mass is 10.1. The smallest absolute Gasteiger partial charge is 0.0781 e.